The molecule has 0 bridgehead atoms. The molecule has 0 spiro atoms. The first kappa shape index (κ1) is 17.3. The third kappa shape index (κ3) is 3.41. The van der Waals surface area contributed by atoms with E-state index in [9.17, 15) is 43.5 Å². The van der Waals surface area contributed by atoms with Crippen molar-refractivity contribution in [2.75, 3.05) is 6.61 Å². The SMILES string of the molecule is NS(=O)(=O)OCC(F)(F)C(F)(F)C(F)(F)C(F)F. The van der Waals surface area contributed by atoms with Gasteiger partial charge in [0.2, 0.25) is 0 Å². The quantitative estimate of drug-likeness (QED) is 0.753. The third-order valence-corrected chi connectivity index (χ3v) is 2.00. The van der Waals surface area contributed by atoms with Gasteiger partial charge in [0.05, 0.1) is 0 Å². The van der Waals surface area contributed by atoms with Crippen LogP contribution in [0.4, 0.5) is 35.1 Å². The second kappa shape index (κ2) is 4.77. The van der Waals surface area contributed by atoms with Crippen molar-refractivity contribution in [3.63, 3.8) is 0 Å². The van der Waals surface area contributed by atoms with Crippen LogP contribution in [0.25, 0.3) is 0 Å². The molecular formula is C5H5F8NO3S. The summed E-state index contributed by atoms with van der Waals surface area (Å²) in [6.07, 6.45) is -5.09. The van der Waals surface area contributed by atoms with Crippen LogP contribution in [0, 0.1) is 0 Å². The lowest BCUT2D eigenvalue weighted by Crippen LogP contribution is -2.59. The number of nitrogens with two attached hydrogens (primary N) is 1. The molecule has 0 aromatic rings. The van der Waals surface area contributed by atoms with Crippen LogP contribution in [-0.4, -0.2) is 39.2 Å². The first-order chi connectivity index (χ1) is 7.65. The summed E-state index contributed by atoms with van der Waals surface area (Å²) in [4.78, 5) is 0. The Bertz CT molecular complexity index is 394. The molecule has 4 nitrogen and oxygen atoms in total. The number of hydrogen-bond acceptors (Lipinski definition) is 3. The monoisotopic (exact) mass is 311 g/mol. The molecule has 0 unspecified atom stereocenters. The Labute approximate surface area is 94.9 Å². The molecule has 0 rings (SSSR count). The van der Waals surface area contributed by atoms with Crippen molar-refractivity contribution in [3.8, 4) is 0 Å². The summed E-state index contributed by atoms with van der Waals surface area (Å²) in [5.74, 6) is -18.8. The van der Waals surface area contributed by atoms with E-state index in [2.05, 4.69) is 9.32 Å². The lowest BCUT2D eigenvalue weighted by molar-refractivity contribution is -0.342. The summed E-state index contributed by atoms with van der Waals surface area (Å²) >= 11 is 0. The van der Waals surface area contributed by atoms with Crippen LogP contribution in [0.3, 0.4) is 0 Å². The summed E-state index contributed by atoms with van der Waals surface area (Å²) in [5.41, 5.74) is 0. The highest BCUT2D eigenvalue weighted by Crippen LogP contribution is 2.48. The van der Waals surface area contributed by atoms with E-state index < -0.39 is 41.1 Å². The summed E-state index contributed by atoms with van der Waals surface area (Å²) in [6, 6.07) is 0. The Hall–Kier alpha value is -0.690. The van der Waals surface area contributed by atoms with Gasteiger partial charge in [-0.05, 0) is 0 Å². The fraction of sp³-hybridized carbons (Fsp3) is 1.00. The van der Waals surface area contributed by atoms with Crippen molar-refractivity contribution in [1.82, 2.24) is 0 Å². The Morgan fingerprint density at radius 3 is 1.72 bits per heavy atom. The number of hydrogen-bond donors (Lipinski definition) is 1. The minimum Gasteiger partial charge on any atom is -0.252 e. The molecule has 0 fully saturated rings. The van der Waals surface area contributed by atoms with Gasteiger partial charge in [0.1, 0.15) is 6.61 Å². The molecule has 18 heavy (non-hydrogen) atoms. The second-order valence-electron chi connectivity index (χ2n) is 2.96. The Morgan fingerprint density at radius 2 is 1.44 bits per heavy atom. The maximum Gasteiger partial charge on any atom is 0.380 e. The fourth-order valence-corrected chi connectivity index (χ4v) is 0.940. The predicted octanol–water partition coefficient (Wildman–Crippen LogP) is 1.38. The third-order valence-electron chi connectivity index (χ3n) is 1.56. The van der Waals surface area contributed by atoms with Crippen LogP contribution in [-0.2, 0) is 14.5 Å². The minimum absolute atomic E-state index is 2.80. The van der Waals surface area contributed by atoms with Crippen molar-refractivity contribution in [1.29, 1.82) is 0 Å². The largest absolute Gasteiger partial charge is 0.380 e. The number of rotatable bonds is 6. The van der Waals surface area contributed by atoms with Crippen LogP contribution >= 0.6 is 0 Å². The lowest BCUT2D eigenvalue weighted by atomic mass is 10.1. The van der Waals surface area contributed by atoms with Gasteiger partial charge in [-0.25, -0.2) is 13.9 Å². The molecule has 0 amide bonds. The zero-order chi connectivity index (χ0) is 15.0. The van der Waals surface area contributed by atoms with E-state index in [0.29, 0.717) is 0 Å². The smallest absolute Gasteiger partial charge is 0.252 e. The Morgan fingerprint density at radius 1 is 1.06 bits per heavy atom. The molecule has 0 radical (unpaired) electrons. The minimum atomic E-state index is -6.53. The van der Waals surface area contributed by atoms with Gasteiger partial charge in [0, 0.05) is 0 Å². The van der Waals surface area contributed by atoms with Gasteiger partial charge in [-0.15, -0.1) is 0 Å². The van der Waals surface area contributed by atoms with Crippen LogP contribution in [0.5, 0.6) is 0 Å². The van der Waals surface area contributed by atoms with Gasteiger partial charge in [0.25, 0.3) is 0 Å². The van der Waals surface area contributed by atoms with Crippen molar-refractivity contribution in [3.05, 3.63) is 0 Å². The standard InChI is InChI=1S/C5H5F8NO3S/c6-2(7)4(10,11)5(12,13)3(8,9)1-17-18(14,15)16/h2H,1H2,(H2,14,15,16). The fourth-order valence-electron chi connectivity index (χ4n) is 0.628. The molecule has 0 aliphatic rings. The van der Waals surface area contributed by atoms with Gasteiger partial charge in [0.15, 0.2) is 0 Å². The van der Waals surface area contributed by atoms with E-state index >= 15 is 0 Å². The van der Waals surface area contributed by atoms with Crippen LogP contribution in [0.1, 0.15) is 0 Å². The molecule has 110 valence electrons. The molecule has 0 heterocycles. The molecule has 2 N–H and O–H groups in total. The first-order valence-corrected chi connectivity index (χ1v) is 5.21. The van der Waals surface area contributed by atoms with Gasteiger partial charge >= 0.3 is 34.5 Å². The zero-order valence-electron chi connectivity index (χ0n) is 8.02. The maximum atomic E-state index is 12.6. The van der Waals surface area contributed by atoms with Crippen LogP contribution in [0.2, 0.25) is 0 Å². The summed E-state index contributed by atoms with van der Waals surface area (Å²) in [6.45, 7) is -2.80. The van der Waals surface area contributed by atoms with E-state index in [1.54, 1.807) is 0 Å². The van der Waals surface area contributed by atoms with Gasteiger partial charge in [-0.2, -0.15) is 34.8 Å². The second-order valence-corrected chi connectivity index (χ2v) is 4.18. The molecule has 0 aromatic carbocycles. The van der Waals surface area contributed by atoms with E-state index in [1.165, 1.54) is 0 Å². The molecule has 0 aromatic heterocycles. The lowest BCUT2D eigenvalue weighted by Gasteiger charge is -2.31. The van der Waals surface area contributed by atoms with Crippen molar-refractivity contribution < 1.29 is 47.7 Å². The van der Waals surface area contributed by atoms with E-state index in [0.717, 1.165) is 0 Å². The molecule has 0 aliphatic heterocycles. The average molecular weight is 311 g/mol. The summed E-state index contributed by atoms with van der Waals surface area (Å²) < 4.78 is 121. The summed E-state index contributed by atoms with van der Waals surface area (Å²) in [5, 5.41) is 3.99. The number of halogens is 8. The first-order valence-electron chi connectivity index (χ1n) is 3.74. The maximum absolute atomic E-state index is 12.6. The average Bonchev–Trinajstić information content (AvgIpc) is 2.13. The topological polar surface area (TPSA) is 69.4 Å². The van der Waals surface area contributed by atoms with Crippen molar-refractivity contribution in [2.45, 2.75) is 24.2 Å². The van der Waals surface area contributed by atoms with Gasteiger partial charge < -0.3 is 0 Å². The molecule has 0 aliphatic carbocycles. The van der Waals surface area contributed by atoms with E-state index in [1.807, 2.05) is 0 Å². The Kier molecular flexibility index (Phi) is 4.59. The summed E-state index contributed by atoms with van der Waals surface area (Å²) in [7, 11) is -5.13. The van der Waals surface area contributed by atoms with Crippen molar-refractivity contribution >= 4 is 10.3 Å². The van der Waals surface area contributed by atoms with Crippen LogP contribution in [0.15, 0.2) is 0 Å². The molecular weight excluding hydrogens is 306 g/mol. The molecule has 0 atom stereocenters. The molecule has 13 heteroatoms. The molecule has 0 saturated heterocycles. The predicted molar refractivity (Wildman–Crippen MR) is 39.9 cm³/mol. The highest BCUT2D eigenvalue weighted by atomic mass is 32.2. The van der Waals surface area contributed by atoms with Crippen molar-refractivity contribution in [2.24, 2.45) is 5.14 Å². The van der Waals surface area contributed by atoms with Crippen LogP contribution < -0.4 is 5.14 Å². The highest BCUT2D eigenvalue weighted by Gasteiger charge is 2.75. The normalized spacial score (nSPS) is 15.2. The van der Waals surface area contributed by atoms with E-state index in [4.69, 9.17) is 0 Å². The number of alkyl halides is 8. The molecule has 0 saturated carbocycles. The Balaban J connectivity index is 5.20. The zero-order valence-corrected chi connectivity index (χ0v) is 8.84. The van der Waals surface area contributed by atoms with E-state index in [-0.39, 0.29) is 0 Å². The van der Waals surface area contributed by atoms with Gasteiger partial charge in [-0.3, -0.25) is 4.18 Å². The van der Waals surface area contributed by atoms with Gasteiger partial charge in [-0.1, -0.05) is 0 Å². The highest BCUT2D eigenvalue weighted by molar-refractivity contribution is 7.84.